The average Bonchev–Trinajstić information content (AvgIpc) is 2.57. The van der Waals surface area contributed by atoms with Gasteiger partial charge in [-0.2, -0.15) is 0 Å². The van der Waals surface area contributed by atoms with Gasteiger partial charge in [0.15, 0.2) is 16.6 Å². The van der Waals surface area contributed by atoms with Crippen molar-refractivity contribution in [2.45, 2.75) is 6.92 Å². The summed E-state index contributed by atoms with van der Waals surface area (Å²) in [5.41, 5.74) is 0.667. The van der Waals surface area contributed by atoms with Crippen molar-refractivity contribution in [1.82, 2.24) is 9.80 Å². The van der Waals surface area contributed by atoms with Crippen LogP contribution < -0.4 is 9.47 Å². The van der Waals surface area contributed by atoms with Crippen LogP contribution >= 0.6 is 28.1 Å². The number of hydrogen-bond donors (Lipinski definition) is 0. The van der Waals surface area contributed by atoms with Gasteiger partial charge in [0.2, 0.25) is 0 Å². The Morgan fingerprint density at radius 2 is 1.79 bits per heavy atom. The number of nitrogens with zero attached hydrogens (tertiary/aromatic N) is 2. The largest absolute Gasteiger partial charge is 0.493 e. The van der Waals surface area contributed by atoms with Gasteiger partial charge in [0, 0.05) is 14.1 Å². The van der Waals surface area contributed by atoms with Crippen molar-refractivity contribution >= 4 is 51.2 Å². The number of benzene rings is 1. The van der Waals surface area contributed by atoms with E-state index in [9.17, 15) is 9.59 Å². The van der Waals surface area contributed by atoms with Crippen molar-refractivity contribution in [3.05, 3.63) is 27.7 Å². The molecule has 0 radical (unpaired) electrons. The molecule has 1 heterocycles. The molecule has 1 aliphatic rings. The molecule has 0 unspecified atom stereocenters. The van der Waals surface area contributed by atoms with Gasteiger partial charge in [-0.15, -0.1) is 0 Å². The average molecular weight is 413 g/mol. The van der Waals surface area contributed by atoms with E-state index in [4.69, 9.17) is 21.7 Å². The number of carbonyl (C=O) groups excluding carboxylic acids is 2. The normalized spacial score (nSPS) is 15.0. The zero-order valence-corrected chi connectivity index (χ0v) is 16.2. The number of ether oxygens (including phenoxy) is 2. The second-order valence-corrected chi connectivity index (χ2v) is 6.26. The lowest BCUT2D eigenvalue weighted by Crippen LogP contribution is -2.52. The first-order valence-corrected chi connectivity index (χ1v) is 8.34. The number of rotatable bonds is 4. The van der Waals surface area contributed by atoms with E-state index >= 15 is 0 Å². The monoisotopic (exact) mass is 412 g/mol. The number of halogens is 1. The lowest BCUT2D eigenvalue weighted by atomic mass is 10.1. The fourth-order valence-corrected chi connectivity index (χ4v) is 2.99. The molecule has 0 atom stereocenters. The molecule has 1 aliphatic heterocycles. The number of likely N-dealkylation sites (N-methyl/N-ethyl adjacent to an activating group) is 2. The van der Waals surface area contributed by atoms with Crippen LogP contribution in [0.3, 0.4) is 0 Å². The molecule has 0 N–H and O–H groups in total. The van der Waals surface area contributed by atoms with E-state index in [-0.39, 0.29) is 10.7 Å². The van der Waals surface area contributed by atoms with E-state index in [1.165, 1.54) is 37.1 Å². The van der Waals surface area contributed by atoms with Crippen LogP contribution in [0.15, 0.2) is 22.2 Å². The van der Waals surface area contributed by atoms with Gasteiger partial charge in [-0.3, -0.25) is 19.4 Å². The van der Waals surface area contributed by atoms with Crippen molar-refractivity contribution in [2.75, 3.05) is 27.8 Å². The molecular formula is C16H17BrN2O4S. The summed E-state index contributed by atoms with van der Waals surface area (Å²) in [7, 11) is 4.60. The molecule has 0 saturated carbocycles. The molecule has 0 spiro atoms. The zero-order chi connectivity index (χ0) is 18.0. The number of carbonyl (C=O) groups is 2. The van der Waals surface area contributed by atoms with Gasteiger partial charge < -0.3 is 9.47 Å². The van der Waals surface area contributed by atoms with Crippen molar-refractivity contribution < 1.29 is 19.1 Å². The lowest BCUT2D eigenvalue weighted by molar-refractivity contribution is -0.132. The molecule has 8 heteroatoms. The molecule has 128 valence electrons. The molecule has 2 amide bonds. The minimum atomic E-state index is -0.438. The number of methoxy groups -OCH3 is 1. The Hall–Kier alpha value is -1.93. The molecule has 0 aromatic heterocycles. The quantitative estimate of drug-likeness (QED) is 0.431. The van der Waals surface area contributed by atoms with Crippen molar-refractivity contribution in [1.29, 1.82) is 0 Å². The van der Waals surface area contributed by atoms with E-state index in [0.29, 0.717) is 28.1 Å². The van der Waals surface area contributed by atoms with Crippen LogP contribution in [0.1, 0.15) is 12.5 Å². The summed E-state index contributed by atoms with van der Waals surface area (Å²) < 4.78 is 11.5. The maximum Gasteiger partial charge on any atom is 0.265 e. The van der Waals surface area contributed by atoms with Crippen LogP contribution in [-0.2, 0) is 9.59 Å². The molecule has 0 aliphatic carbocycles. The van der Waals surface area contributed by atoms with Gasteiger partial charge >= 0.3 is 0 Å². The minimum Gasteiger partial charge on any atom is -0.493 e. The molecular weight excluding hydrogens is 396 g/mol. The third-order valence-corrected chi connectivity index (χ3v) is 4.63. The molecule has 1 saturated heterocycles. The van der Waals surface area contributed by atoms with Gasteiger partial charge in [-0.05, 0) is 58.8 Å². The molecule has 2 rings (SSSR count). The minimum absolute atomic E-state index is 0.0340. The highest BCUT2D eigenvalue weighted by molar-refractivity contribution is 9.10. The third-order valence-electron chi connectivity index (χ3n) is 3.50. The first kappa shape index (κ1) is 18.4. The number of hydrogen-bond acceptors (Lipinski definition) is 5. The van der Waals surface area contributed by atoms with Crippen LogP contribution in [-0.4, -0.2) is 54.5 Å². The van der Waals surface area contributed by atoms with Gasteiger partial charge in [0.05, 0.1) is 18.2 Å². The van der Waals surface area contributed by atoms with E-state index in [0.717, 1.165) is 0 Å². The van der Waals surface area contributed by atoms with E-state index < -0.39 is 11.8 Å². The SMILES string of the molecule is CCOc1c(Br)cc(C=C2C(=O)N(C)C(=S)N(C)C2=O)cc1OC. The predicted octanol–water partition coefficient (Wildman–Crippen LogP) is 2.46. The number of thiocarbonyl (C=S) groups is 1. The summed E-state index contributed by atoms with van der Waals surface area (Å²) in [5, 5.41) is 0.174. The molecule has 1 fully saturated rings. The predicted molar refractivity (Wildman–Crippen MR) is 98.0 cm³/mol. The lowest BCUT2D eigenvalue weighted by Gasteiger charge is -2.31. The summed E-state index contributed by atoms with van der Waals surface area (Å²) in [6.45, 7) is 2.36. The third kappa shape index (κ3) is 3.29. The summed E-state index contributed by atoms with van der Waals surface area (Å²) >= 11 is 8.49. The fraction of sp³-hybridized carbons (Fsp3) is 0.312. The Labute approximate surface area is 154 Å². The second kappa shape index (κ2) is 7.31. The second-order valence-electron chi connectivity index (χ2n) is 5.04. The summed E-state index contributed by atoms with van der Waals surface area (Å²) in [6.07, 6.45) is 1.52. The van der Waals surface area contributed by atoms with Gasteiger partial charge in [0.25, 0.3) is 11.8 Å². The molecule has 24 heavy (non-hydrogen) atoms. The maximum absolute atomic E-state index is 12.4. The maximum atomic E-state index is 12.4. The van der Waals surface area contributed by atoms with Crippen LogP contribution in [0.4, 0.5) is 0 Å². The molecule has 1 aromatic carbocycles. The highest BCUT2D eigenvalue weighted by atomic mass is 79.9. The van der Waals surface area contributed by atoms with Gasteiger partial charge in [0.1, 0.15) is 5.57 Å². The first-order chi connectivity index (χ1) is 11.3. The fourth-order valence-electron chi connectivity index (χ4n) is 2.25. The summed E-state index contributed by atoms with van der Waals surface area (Å²) in [5.74, 6) is 0.198. The van der Waals surface area contributed by atoms with Gasteiger partial charge in [-0.1, -0.05) is 0 Å². The molecule has 1 aromatic rings. The Kier molecular flexibility index (Phi) is 5.61. The van der Waals surface area contributed by atoms with E-state index in [1.807, 2.05) is 6.92 Å². The zero-order valence-electron chi connectivity index (χ0n) is 13.8. The van der Waals surface area contributed by atoms with E-state index in [1.54, 1.807) is 12.1 Å². The standard InChI is InChI=1S/C16H17BrN2O4S/c1-5-23-13-11(17)7-9(8-12(13)22-4)6-10-14(20)18(2)16(24)19(3)15(10)21/h6-8H,5H2,1-4H3. The highest BCUT2D eigenvalue weighted by Crippen LogP contribution is 2.37. The van der Waals surface area contributed by atoms with Crippen molar-refractivity contribution in [2.24, 2.45) is 0 Å². The van der Waals surface area contributed by atoms with Crippen LogP contribution in [0, 0.1) is 0 Å². The van der Waals surface area contributed by atoms with Crippen LogP contribution in [0.5, 0.6) is 11.5 Å². The smallest absolute Gasteiger partial charge is 0.265 e. The Bertz CT molecular complexity index is 722. The Morgan fingerprint density at radius 1 is 1.21 bits per heavy atom. The van der Waals surface area contributed by atoms with Crippen LogP contribution in [0.25, 0.3) is 6.08 Å². The summed E-state index contributed by atoms with van der Waals surface area (Å²) in [6, 6.07) is 3.46. The Balaban J connectivity index is 2.50. The molecule has 0 bridgehead atoms. The van der Waals surface area contributed by atoms with E-state index in [2.05, 4.69) is 15.9 Å². The van der Waals surface area contributed by atoms with Gasteiger partial charge in [-0.25, -0.2) is 0 Å². The summed E-state index contributed by atoms with van der Waals surface area (Å²) in [4.78, 5) is 27.3. The van der Waals surface area contributed by atoms with Crippen molar-refractivity contribution in [3.63, 3.8) is 0 Å². The first-order valence-electron chi connectivity index (χ1n) is 7.13. The van der Waals surface area contributed by atoms with Crippen molar-refractivity contribution in [3.8, 4) is 11.5 Å². The molecule has 6 nitrogen and oxygen atoms in total. The number of amides is 2. The Morgan fingerprint density at radius 3 is 2.29 bits per heavy atom. The topological polar surface area (TPSA) is 59.1 Å². The van der Waals surface area contributed by atoms with Crippen LogP contribution in [0.2, 0.25) is 0 Å². The highest BCUT2D eigenvalue weighted by Gasteiger charge is 2.35.